The van der Waals surface area contributed by atoms with E-state index in [9.17, 15) is 4.79 Å². The molecule has 1 fully saturated rings. The van der Waals surface area contributed by atoms with Gasteiger partial charge in [-0.15, -0.1) is 0 Å². The zero-order valence-electron chi connectivity index (χ0n) is 12.1. The van der Waals surface area contributed by atoms with Crippen LogP contribution in [0.2, 0.25) is 0 Å². The average molecular weight is 260 g/mol. The summed E-state index contributed by atoms with van der Waals surface area (Å²) >= 11 is 0. The average Bonchev–Trinajstić information content (AvgIpc) is 2.36. The molecule has 0 radical (unpaired) electrons. The van der Waals surface area contributed by atoms with Crippen LogP contribution in [0.1, 0.15) is 45.1 Å². The van der Waals surface area contributed by atoms with Crippen LogP contribution in [0.15, 0.2) is 24.3 Å². The van der Waals surface area contributed by atoms with Crippen LogP contribution in [0.4, 0.5) is 5.69 Å². The Morgan fingerprint density at radius 3 is 2.79 bits per heavy atom. The molecule has 1 amide bonds. The topological polar surface area (TPSA) is 32.3 Å². The van der Waals surface area contributed by atoms with Crippen LogP contribution < -0.4 is 10.2 Å². The maximum atomic E-state index is 12.4. The number of benzene rings is 1. The second kappa shape index (κ2) is 6.20. The third kappa shape index (κ3) is 3.35. The predicted octanol–water partition coefficient (Wildman–Crippen LogP) is 2.91. The summed E-state index contributed by atoms with van der Waals surface area (Å²) in [4.78, 5) is 14.4. The lowest BCUT2D eigenvalue weighted by atomic mass is 9.99. The number of amides is 1. The molecule has 1 aromatic carbocycles. The van der Waals surface area contributed by atoms with Gasteiger partial charge in [-0.1, -0.05) is 32.0 Å². The highest BCUT2D eigenvalue weighted by Gasteiger charge is 2.22. The summed E-state index contributed by atoms with van der Waals surface area (Å²) in [6, 6.07) is 8.55. The number of anilines is 1. The van der Waals surface area contributed by atoms with E-state index in [0.29, 0.717) is 12.3 Å². The van der Waals surface area contributed by atoms with Gasteiger partial charge in [0.1, 0.15) is 0 Å². The second-order valence-corrected chi connectivity index (χ2v) is 5.67. The van der Waals surface area contributed by atoms with Gasteiger partial charge < -0.3 is 10.2 Å². The molecule has 104 valence electrons. The van der Waals surface area contributed by atoms with Crippen LogP contribution in [-0.4, -0.2) is 25.0 Å². The molecule has 0 spiro atoms. The maximum Gasteiger partial charge on any atom is 0.228 e. The first-order valence-electron chi connectivity index (χ1n) is 7.22. The third-order valence-corrected chi connectivity index (χ3v) is 3.68. The smallest absolute Gasteiger partial charge is 0.228 e. The Hall–Kier alpha value is -1.35. The molecule has 1 atom stereocenters. The maximum absolute atomic E-state index is 12.4. The number of nitrogens with zero attached hydrogens (tertiary/aromatic N) is 1. The van der Waals surface area contributed by atoms with E-state index in [0.717, 1.165) is 25.2 Å². The molecular weight excluding hydrogens is 236 g/mol. The first kappa shape index (κ1) is 14.1. The monoisotopic (exact) mass is 260 g/mol. The first-order valence-corrected chi connectivity index (χ1v) is 7.22. The quantitative estimate of drug-likeness (QED) is 0.886. The minimum absolute atomic E-state index is 0.229. The summed E-state index contributed by atoms with van der Waals surface area (Å²) in [5.74, 6) is 0.665. The van der Waals surface area contributed by atoms with E-state index < -0.39 is 0 Å². The summed E-state index contributed by atoms with van der Waals surface area (Å²) in [5, 5.41) is 3.38. The van der Waals surface area contributed by atoms with Gasteiger partial charge in [-0.3, -0.25) is 4.79 Å². The molecule has 0 saturated carbocycles. The molecule has 2 rings (SSSR count). The molecule has 1 aliphatic rings. The molecule has 19 heavy (non-hydrogen) atoms. The second-order valence-electron chi connectivity index (χ2n) is 5.67. The molecule has 1 N–H and O–H groups in total. The summed E-state index contributed by atoms with van der Waals surface area (Å²) in [5.41, 5.74) is 2.36. The first-order chi connectivity index (χ1) is 9.09. The molecule has 1 unspecified atom stereocenters. The van der Waals surface area contributed by atoms with Gasteiger partial charge in [-0.05, 0) is 37.4 Å². The molecule has 3 heteroatoms. The fraction of sp³-hybridized carbons (Fsp3) is 0.562. The van der Waals surface area contributed by atoms with Crippen molar-refractivity contribution in [1.29, 1.82) is 0 Å². The summed E-state index contributed by atoms with van der Waals surface area (Å²) in [6.45, 7) is 8.22. The molecule has 1 saturated heterocycles. The van der Waals surface area contributed by atoms with Gasteiger partial charge in [0, 0.05) is 24.7 Å². The number of carbonyl (C=O) groups is 1. The number of hydrogen-bond acceptors (Lipinski definition) is 2. The molecule has 0 aliphatic carbocycles. The highest BCUT2D eigenvalue weighted by molar-refractivity contribution is 5.94. The van der Waals surface area contributed by atoms with E-state index in [1.807, 2.05) is 11.0 Å². The van der Waals surface area contributed by atoms with Crippen LogP contribution >= 0.6 is 0 Å². The highest BCUT2D eigenvalue weighted by Crippen LogP contribution is 2.28. The largest absolute Gasteiger partial charge is 0.314 e. The van der Waals surface area contributed by atoms with Crippen molar-refractivity contribution in [3.8, 4) is 0 Å². The molecule has 1 aromatic rings. The molecule has 0 aromatic heterocycles. The number of carbonyl (C=O) groups excluding carboxylic acids is 1. The van der Waals surface area contributed by atoms with Crippen molar-refractivity contribution in [3.63, 3.8) is 0 Å². The molecular formula is C16H24N2O. The van der Waals surface area contributed by atoms with Crippen molar-refractivity contribution >= 4 is 11.6 Å². The van der Waals surface area contributed by atoms with E-state index >= 15 is 0 Å². The number of rotatable bonds is 2. The van der Waals surface area contributed by atoms with Gasteiger partial charge in [0.15, 0.2) is 0 Å². The summed E-state index contributed by atoms with van der Waals surface area (Å²) < 4.78 is 0. The van der Waals surface area contributed by atoms with E-state index in [1.54, 1.807) is 0 Å². The normalized spacial score (nSPS) is 21.4. The van der Waals surface area contributed by atoms with Crippen molar-refractivity contribution in [2.24, 2.45) is 0 Å². The number of nitrogens with one attached hydrogen (secondary N) is 1. The van der Waals surface area contributed by atoms with Gasteiger partial charge in [0.25, 0.3) is 0 Å². The standard InChI is InChI=1S/C16H24N2O/c1-12(2)14-7-4-5-8-15(14)18-10-6-9-17-13(3)11-16(18)19/h4-5,7-8,12-13,17H,6,9-11H2,1-3H3. The minimum atomic E-state index is 0.229. The van der Waals surface area contributed by atoms with Crippen molar-refractivity contribution in [1.82, 2.24) is 5.32 Å². The highest BCUT2D eigenvalue weighted by atomic mass is 16.2. The fourth-order valence-corrected chi connectivity index (χ4v) is 2.63. The van der Waals surface area contributed by atoms with E-state index in [1.165, 1.54) is 5.56 Å². The van der Waals surface area contributed by atoms with Crippen LogP contribution in [0.5, 0.6) is 0 Å². The SMILES string of the molecule is CC1CC(=O)N(c2ccccc2C(C)C)CCCN1. The Bertz CT molecular complexity index is 442. The van der Waals surface area contributed by atoms with E-state index in [4.69, 9.17) is 0 Å². The predicted molar refractivity (Wildman–Crippen MR) is 79.6 cm³/mol. The lowest BCUT2D eigenvalue weighted by Crippen LogP contribution is -2.42. The van der Waals surface area contributed by atoms with Gasteiger partial charge in [-0.2, -0.15) is 0 Å². The van der Waals surface area contributed by atoms with Crippen molar-refractivity contribution in [2.45, 2.75) is 45.6 Å². The zero-order chi connectivity index (χ0) is 13.8. The van der Waals surface area contributed by atoms with Crippen molar-refractivity contribution in [3.05, 3.63) is 29.8 Å². The van der Waals surface area contributed by atoms with Crippen LogP contribution in [0, 0.1) is 0 Å². The van der Waals surface area contributed by atoms with Crippen LogP contribution in [-0.2, 0) is 4.79 Å². The van der Waals surface area contributed by atoms with Gasteiger partial charge in [0.05, 0.1) is 0 Å². The third-order valence-electron chi connectivity index (χ3n) is 3.68. The Morgan fingerprint density at radius 2 is 2.05 bits per heavy atom. The van der Waals surface area contributed by atoms with Gasteiger partial charge >= 0.3 is 0 Å². The lowest BCUT2D eigenvalue weighted by molar-refractivity contribution is -0.119. The Labute approximate surface area is 116 Å². The van der Waals surface area contributed by atoms with Crippen LogP contribution in [0.3, 0.4) is 0 Å². The van der Waals surface area contributed by atoms with E-state index in [2.05, 4.69) is 44.3 Å². The number of hydrogen-bond donors (Lipinski definition) is 1. The van der Waals surface area contributed by atoms with Crippen LogP contribution in [0.25, 0.3) is 0 Å². The molecule has 3 nitrogen and oxygen atoms in total. The Balaban J connectivity index is 2.30. The summed E-state index contributed by atoms with van der Waals surface area (Å²) in [6.07, 6.45) is 1.58. The molecule has 1 heterocycles. The number of para-hydroxylation sites is 1. The van der Waals surface area contributed by atoms with E-state index in [-0.39, 0.29) is 11.9 Å². The summed E-state index contributed by atoms with van der Waals surface area (Å²) in [7, 11) is 0. The Morgan fingerprint density at radius 1 is 1.32 bits per heavy atom. The van der Waals surface area contributed by atoms with Gasteiger partial charge in [0.2, 0.25) is 5.91 Å². The zero-order valence-corrected chi connectivity index (χ0v) is 12.1. The Kier molecular flexibility index (Phi) is 4.59. The minimum Gasteiger partial charge on any atom is -0.314 e. The van der Waals surface area contributed by atoms with Crippen molar-refractivity contribution < 1.29 is 4.79 Å². The molecule has 1 aliphatic heterocycles. The van der Waals surface area contributed by atoms with Gasteiger partial charge in [-0.25, -0.2) is 0 Å². The van der Waals surface area contributed by atoms with Crippen molar-refractivity contribution in [2.75, 3.05) is 18.0 Å². The molecule has 0 bridgehead atoms. The fourth-order valence-electron chi connectivity index (χ4n) is 2.63. The lowest BCUT2D eigenvalue weighted by Gasteiger charge is -2.30.